The second-order valence-corrected chi connectivity index (χ2v) is 6.85. The highest BCUT2D eigenvalue weighted by Gasteiger charge is 2.32. The number of nitrogens with one attached hydrogen (secondary N) is 2. The van der Waals surface area contributed by atoms with E-state index in [-0.39, 0.29) is 24.1 Å². The van der Waals surface area contributed by atoms with Crippen molar-refractivity contribution in [3.8, 4) is 0 Å². The molecule has 0 spiro atoms. The van der Waals surface area contributed by atoms with Crippen LogP contribution in [0.15, 0.2) is 30.3 Å². The summed E-state index contributed by atoms with van der Waals surface area (Å²) in [6.45, 7) is 3.48. The number of thiophene rings is 1. The van der Waals surface area contributed by atoms with Crippen LogP contribution >= 0.6 is 23.7 Å². The van der Waals surface area contributed by atoms with E-state index in [4.69, 9.17) is 5.73 Å². The number of benzene rings is 1. The largest absolute Gasteiger partial charge is 0.368 e. The van der Waals surface area contributed by atoms with Crippen molar-refractivity contribution < 1.29 is 14.0 Å². The molecule has 9 heteroatoms. The average molecular weight is 399 g/mol. The summed E-state index contributed by atoms with van der Waals surface area (Å²) in [6, 6.07) is 6.52. The standard InChI is InChI=1S/C17H19FN4O2S.ClH/c1-2-22-8-7-10-9-13(25-15(10)14(22)16(19)23)21-17(24)20-12-5-3-11(18)4-6-12;/h3-6,9,14H,2,7-8H2,1H3,(H2,19,23)(H2,20,21,24);1H. The highest BCUT2D eigenvalue weighted by Crippen LogP contribution is 2.38. The molecule has 1 aliphatic heterocycles. The number of likely N-dealkylation sites (N-methyl/N-ethyl adjacent to an activating group) is 1. The number of carbonyl (C=O) groups is 2. The summed E-state index contributed by atoms with van der Waals surface area (Å²) < 4.78 is 12.9. The molecule has 140 valence electrons. The Labute approximate surface area is 161 Å². The average Bonchev–Trinajstić information content (AvgIpc) is 2.97. The third-order valence-corrected chi connectivity index (χ3v) is 5.28. The van der Waals surface area contributed by atoms with Crippen molar-refractivity contribution in [2.24, 2.45) is 5.73 Å². The van der Waals surface area contributed by atoms with E-state index < -0.39 is 12.1 Å². The number of amides is 3. The van der Waals surface area contributed by atoms with Gasteiger partial charge in [-0.25, -0.2) is 9.18 Å². The first-order valence-electron chi connectivity index (χ1n) is 7.97. The number of carbonyl (C=O) groups excluding carboxylic acids is 2. The molecule has 3 amide bonds. The quantitative estimate of drug-likeness (QED) is 0.737. The van der Waals surface area contributed by atoms with Crippen molar-refractivity contribution in [3.05, 3.63) is 46.6 Å². The van der Waals surface area contributed by atoms with Crippen LogP contribution in [0.2, 0.25) is 0 Å². The van der Waals surface area contributed by atoms with E-state index in [0.29, 0.717) is 10.7 Å². The van der Waals surface area contributed by atoms with Crippen molar-refractivity contribution in [2.75, 3.05) is 23.7 Å². The Morgan fingerprint density at radius 1 is 1.31 bits per heavy atom. The Balaban J connectivity index is 0.00000243. The fourth-order valence-electron chi connectivity index (χ4n) is 2.95. The topological polar surface area (TPSA) is 87.5 Å². The van der Waals surface area contributed by atoms with Gasteiger partial charge in [0.05, 0.1) is 5.00 Å². The first kappa shape index (κ1) is 20.2. The molecule has 0 fully saturated rings. The number of anilines is 2. The Kier molecular flexibility index (Phi) is 6.57. The molecule has 0 radical (unpaired) electrons. The van der Waals surface area contributed by atoms with Gasteiger partial charge in [-0.3, -0.25) is 15.0 Å². The lowest BCUT2D eigenvalue weighted by molar-refractivity contribution is -0.123. The minimum Gasteiger partial charge on any atom is -0.368 e. The molecule has 6 nitrogen and oxygen atoms in total. The van der Waals surface area contributed by atoms with Gasteiger partial charge in [-0.05, 0) is 48.9 Å². The van der Waals surface area contributed by atoms with Gasteiger partial charge in [-0.2, -0.15) is 0 Å². The lowest BCUT2D eigenvalue weighted by atomic mass is 10.0. The van der Waals surface area contributed by atoms with Crippen LogP contribution < -0.4 is 16.4 Å². The van der Waals surface area contributed by atoms with Gasteiger partial charge in [-0.1, -0.05) is 6.92 Å². The molecule has 1 aromatic carbocycles. The SMILES string of the molecule is CCN1CCc2cc(NC(=O)Nc3ccc(F)cc3)sc2C1C(N)=O.Cl. The summed E-state index contributed by atoms with van der Waals surface area (Å²) >= 11 is 1.36. The maximum atomic E-state index is 12.9. The third kappa shape index (κ3) is 4.32. The lowest BCUT2D eigenvalue weighted by Crippen LogP contribution is -2.41. The highest BCUT2D eigenvalue weighted by atomic mass is 35.5. The van der Waals surface area contributed by atoms with Crippen LogP contribution in [0.5, 0.6) is 0 Å². The second kappa shape index (κ2) is 8.48. The van der Waals surface area contributed by atoms with Crippen LogP contribution in [-0.4, -0.2) is 29.9 Å². The maximum absolute atomic E-state index is 12.9. The maximum Gasteiger partial charge on any atom is 0.324 e. The van der Waals surface area contributed by atoms with Crippen molar-refractivity contribution in [2.45, 2.75) is 19.4 Å². The summed E-state index contributed by atoms with van der Waals surface area (Å²) in [5, 5.41) is 6.05. The minimum atomic E-state index is -0.450. The minimum absolute atomic E-state index is 0. The fraction of sp³-hybridized carbons (Fsp3) is 0.294. The van der Waals surface area contributed by atoms with E-state index in [1.54, 1.807) is 0 Å². The van der Waals surface area contributed by atoms with Gasteiger partial charge >= 0.3 is 6.03 Å². The number of fused-ring (bicyclic) bond motifs is 1. The van der Waals surface area contributed by atoms with E-state index in [1.165, 1.54) is 35.6 Å². The predicted octanol–water partition coefficient (Wildman–Crippen LogP) is 3.36. The van der Waals surface area contributed by atoms with Gasteiger partial charge in [0.25, 0.3) is 0 Å². The number of nitrogens with zero attached hydrogens (tertiary/aromatic N) is 1. The van der Waals surface area contributed by atoms with Crippen LogP contribution in [0.4, 0.5) is 19.9 Å². The number of halogens is 2. The van der Waals surface area contributed by atoms with Crippen molar-refractivity contribution in [1.82, 2.24) is 4.90 Å². The van der Waals surface area contributed by atoms with Gasteiger partial charge in [0.2, 0.25) is 5.91 Å². The first-order valence-corrected chi connectivity index (χ1v) is 8.79. The molecule has 1 atom stereocenters. The van der Waals surface area contributed by atoms with Gasteiger partial charge in [0.1, 0.15) is 11.9 Å². The smallest absolute Gasteiger partial charge is 0.324 e. The molecule has 2 heterocycles. The molecule has 0 saturated carbocycles. The number of hydrogen-bond acceptors (Lipinski definition) is 4. The van der Waals surface area contributed by atoms with Crippen LogP contribution in [0.1, 0.15) is 23.4 Å². The molecule has 1 aliphatic rings. The normalized spacial score (nSPS) is 16.3. The molecule has 2 aromatic rings. The van der Waals surface area contributed by atoms with Gasteiger partial charge in [0, 0.05) is 17.1 Å². The number of primary amides is 1. The van der Waals surface area contributed by atoms with E-state index in [2.05, 4.69) is 10.6 Å². The van der Waals surface area contributed by atoms with Crippen LogP contribution in [0, 0.1) is 5.82 Å². The molecule has 0 saturated heterocycles. The number of nitrogens with two attached hydrogens (primary N) is 1. The second-order valence-electron chi connectivity index (χ2n) is 5.77. The van der Waals surface area contributed by atoms with E-state index in [0.717, 1.165) is 30.0 Å². The van der Waals surface area contributed by atoms with E-state index >= 15 is 0 Å². The summed E-state index contributed by atoms with van der Waals surface area (Å²) in [5.74, 6) is -0.748. The van der Waals surface area contributed by atoms with Crippen molar-refractivity contribution in [1.29, 1.82) is 0 Å². The Hall–Kier alpha value is -2.16. The molecular weight excluding hydrogens is 379 g/mol. The first-order chi connectivity index (χ1) is 12.0. The van der Waals surface area contributed by atoms with Crippen molar-refractivity contribution in [3.63, 3.8) is 0 Å². The molecular formula is C17H20ClFN4O2S. The molecule has 0 aliphatic carbocycles. The number of urea groups is 1. The Morgan fingerprint density at radius 2 is 2.00 bits per heavy atom. The monoisotopic (exact) mass is 398 g/mol. The molecule has 1 unspecified atom stereocenters. The molecule has 4 N–H and O–H groups in total. The molecule has 26 heavy (non-hydrogen) atoms. The lowest BCUT2D eigenvalue weighted by Gasteiger charge is -2.32. The fourth-order valence-corrected chi connectivity index (χ4v) is 4.20. The zero-order valence-electron chi connectivity index (χ0n) is 14.1. The zero-order valence-corrected chi connectivity index (χ0v) is 15.8. The van der Waals surface area contributed by atoms with Gasteiger partial charge < -0.3 is 11.1 Å². The predicted molar refractivity (Wildman–Crippen MR) is 103 cm³/mol. The van der Waals surface area contributed by atoms with E-state index in [1.807, 2.05) is 17.9 Å². The Bertz CT molecular complexity index is 797. The number of hydrogen-bond donors (Lipinski definition) is 3. The highest BCUT2D eigenvalue weighted by molar-refractivity contribution is 7.16. The molecule has 1 aromatic heterocycles. The zero-order chi connectivity index (χ0) is 18.0. The van der Waals surface area contributed by atoms with Crippen LogP contribution in [0.3, 0.4) is 0 Å². The summed E-state index contributed by atoms with van der Waals surface area (Å²) in [7, 11) is 0. The van der Waals surface area contributed by atoms with E-state index in [9.17, 15) is 14.0 Å². The summed E-state index contributed by atoms with van der Waals surface area (Å²) in [6.07, 6.45) is 0.810. The van der Waals surface area contributed by atoms with Crippen LogP contribution in [0.25, 0.3) is 0 Å². The van der Waals surface area contributed by atoms with Crippen LogP contribution in [-0.2, 0) is 11.2 Å². The number of rotatable bonds is 4. The van der Waals surface area contributed by atoms with Gasteiger partial charge in [0.15, 0.2) is 0 Å². The third-order valence-electron chi connectivity index (χ3n) is 4.14. The Morgan fingerprint density at radius 3 is 2.62 bits per heavy atom. The molecule has 3 rings (SSSR count). The summed E-state index contributed by atoms with van der Waals surface area (Å²) in [5.41, 5.74) is 7.10. The van der Waals surface area contributed by atoms with Crippen molar-refractivity contribution >= 4 is 46.4 Å². The summed E-state index contributed by atoms with van der Waals surface area (Å²) in [4.78, 5) is 26.9. The van der Waals surface area contributed by atoms with Gasteiger partial charge in [-0.15, -0.1) is 23.7 Å². The molecule has 0 bridgehead atoms.